The van der Waals surface area contributed by atoms with E-state index in [2.05, 4.69) is 9.71 Å². The lowest BCUT2D eigenvalue weighted by Gasteiger charge is -2.06. The average molecular weight is 268 g/mol. The Morgan fingerprint density at radius 3 is 2.89 bits per heavy atom. The Hall–Kier alpha value is -1.56. The summed E-state index contributed by atoms with van der Waals surface area (Å²) in [6, 6.07) is 5.08. The molecule has 5 nitrogen and oxygen atoms in total. The highest BCUT2D eigenvalue weighted by atomic mass is 32.2. The molecule has 0 spiro atoms. The Bertz CT molecular complexity index is 646. The summed E-state index contributed by atoms with van der Waals surface area (Å²) in [5.74, 6) is 0.702. The van der Waals surface area contributed by atoms with Crippen LogP contribution >= 0.6 is 0 Å². The molecule has 0 saturated heterocycles. The van der Waals surface area contributed by atoms with Gasteiger partial charge in [0.25, 0.3) is 0 Å². The lowest BCUT2D eigenvalue weighted by molar-refractivity contribution is 0.561. The van der Waals surface area contributed by atoms with Crippen LogP contribution in [0.5, 0.6) is 0 Å². The van der Waals surface area contributed by atoms with E-state index in [0.29, 0.717) is 23.6 Å². The maximum atomic E-state index is 11.7. The van der Waals surface area contributed by atoms with E-state index in [9.17, 15) is 8.42 Å². The molecule has 0 aliphatic rings. The van der Waals surface area contributed by atoms with Gasteiger partial charge in [0, 0.05) is 13.0 Å². The number of hydrogen-bond donors (Lipinski definition) is 1. The Kier molecular flexibility index (Phi) is 3.56. The van der Waals surface area contributed by atoms with Crippen LogP contribution in [0.1, 0.15) is 25.7 Å². The number of unbranched alkanes of at least 4 members (excludes halogenated alkanes) is 1. The fourth-order valence-electron chi connectivity index (χ4n) is 1.67. The largest absolute Gasteiger partial charge is 0.441 e. The number of nitrogens with one attached hydrogen (secondary N) is 1. The molecule has 0 bridgehead atoms. The van der Waals surface area contributed by atoms with Gasteiger partial charge in [-0.2, -0.15) is 0 Å². The van der Waals surface area contributed by atoms with Gasteiger partial charge in [-0.1, -0.05) is 13.3 Å². The number of aromatic nitrogens is 1. The van der Waals surface area contributed by atoms with Gasteiger partial charge in [-0.25, -0.2) is 13.4 Å². The highest BCUT2D eigenvalue weighted by molar-refractivity contribution is 7.92. The molecule has 0 aliphatic heterocycles. The van der Waals surface area contributed by atoms with Gasteiger partial charge in [0.05, 0.1) is 11.4 Å². The molecule has 0 atom stereocenters. The van der Waals surface area contributed by atoms with Crippen molar-refractivity contribution in [2.45, 2.75) is 26.7 Å². The molecular formula is C12H16N2O3S. The van der Waals surface area contributed by atoms with Gasteiger partial charge in [-0.05, 0) is 18.6 Å². The number of rotatable bonds is 5. The summed E-state index contributed by atoms with van der Waals surface area (Å²) in [5.41, 5.74) is 1.82. The molecule has 1 aromatic heterocycles. The molecule has 0 aliphatic carbocycles. The van der Waals surface area contributed by atoms with Gasteiger partial charge in [0.15, 0.2) is 11.5 Å². The number of benzene rings is 1. The molecular weight excluding hydrogens is 252 g/mol. The lowest BCUT2D eigenvalue weighted by atomic mass is 10.3. The van der Waals surface area contributed by atoms with Crippen molar-refractivity contribution in [2.24, 2.45) is 0 Å². The molecule has 1 heterocycles. The van der Waals surface area contributed by atoms with Gasteiger partial charge in [-0.15, -0.1) is 0 Å². The van der Waals surface area contributed by atoms with Gasteiger partial charge < -0.3 is 4.42 Å². The summed E-state index contributed by atoms with van der Waals surface area (Å²) >= 11 is 0. The van der Waals surface area contributed by atoms with Crippen molar-refractivity contribution in [3.8, 4) is 0 Å². The number of fused-ring (bicyclic) bond motifs is 1. The fourth-order valence-corrected chi connectivity index (χ4v) is 2.93. The van der Waals surface area contributed by atoms with Crippen molar-refractivity contribution in [3.63, 3.8) is 0 Å². The third kappa shape index (κ3) is 3.01. The normalized spacial score (nSPS) is 11.9. The van der Waals surface area contributed by atoms with E-state index < -0.39 is 10.0 Å². The number of hydrogen-bond acceptors (Lipinski definition) is 4. The highest BCUT2D eigenvalue weighted by Crippen LogP contribution is 2.20. The van der Waals surface area contributed by atoms with E-state index in [0.717, 1.165) is 11.9 Å². The zero-order valence-electron chi connectivity index (χ0n) is 10.4. The summed E-state index contributed by atoms with van der Waals surface area (Å²) in [5, 5.41) is 0. The second-order valence-corrected chi connectivity index (χ2v) is 6.03. The van der Waals surface area contributed by atoms with Gasteiger partial charge >= 0.3 is 0 Å². The van der Waals surface area contributed by atoms with Crippen LogP contribution in [0.25, 0.3) is 11.1 Å². The van der Waals surface area contributed by atoms with Crippen molar-refractivity contribution < 1.29 is 12.8 Å². The second kappa shape index (κ2) is 4.97. The molecule has 1 N–H and O–H groups in total. The Labute approximate surface area is 106 Å². The van der Waals surface area contributed by atoms with Gasteiger partial charge in [-0.3, -0.25) is 4.72 Å². The van der Waals surface area contributed by atoms with Crippen LogP contribution in [-0.4, -0.2) is 19.2 Å². The van der Waals surface area contributed by atoms with Crippen LogP contribution in [0.15, 0.2) is 22.6 Å². The van der Waals surface area contributed by atoms with E-state index >= 15 is 0 Å². The smallest absolute Gasteiger partial charge is 0.232 e. The van der Waals surface area contributed by atoms with E-state index in [1.807, 2.05) is 6.92 Å². The van der Waals surface area contributed by atoms with E-state index in [1.165, 1.54) is 0 Å². The second-order valence-electron chi connectivity index (χ2n) is 4.19. The highest BCUT2D eigenvalue weighted by Gasteiger charge is 2.11. The maximum Gasteiger partial charge on any atom is 0.232 e. The molecule has 98 valence electrons. The molecule has 0 unspecified atom stereocenters. The maximum absolute atomic E-state index is 11.7. The number of nitrogens with zero attached hydrogens (tertiary/aromatic N) is 1. The van der Waals surface area contributed by atoms with Crippen LogP contribution in [-0.2, 0) is 10.0 Å². The fraction of sp³-hybridized carbons (Fsp3) is 0.417. The Morgan fingerprint density at radius 2 is 2.17 bits per heavy atom. The summed E-state index contributed by atoms with van der Waals surface area (Å²) < 4.78 is 31.4. The quantitative estimate of drug-likeness (QED) is 0.904. The molecule has 6 heteroatoms. The van der Waals surface area contributed by atoms with Crippen LogP contribution in [0.4, 0.5) is 5.69 Å². The molecule has 2 rings (SSSR count). The first kappa shape index (κ1) is 12.9. The lowest BCUT2D eigenvalue weighted by Crippen LogP contribution is -2.16. The predicted molar refractivity (Wildman–Crippen MR) is 71.1 cm³/mol. The van der Waals surface area contributed by atoms with Crippen LogP contribution in [0.2, 0.25) is 0 Å². The molecule has 0 amide bonds. The monoisotopic (exact) mass is 268 g/mol. The number of sulfonamides is 1. The van der Waals surface area contributed by atoms with Crippen LogP contribution in [0, 0.1) is 6.92 Å². The zero-order valence-corrected chi connectivity index (χ0v) is 11.3. The van der Waals surface area contributed by atoms with E-state index in [4.69, 9.17) is 4.42 Å². The van der Waals surface area contributed by atoms with Crippen molar-refractivity contribution in [3.05, 3.63) is 24.1 Å². The molecule has 2 aromatic rings. The predicted octanol–water partition coefficient (Wildman–Crippen LogP) is 2.68. The van der Waals surface area contributed by atoms with Gasteiger partial charge in [0.2, 0.25) is 10.0 Å². The molecule has 0 fully saturated rings. The van der Waals surface area contributed by atoms with E-state index in [1.54, 1.807) is 25.1 Å². The zero-order chi connectivity index (χ0) is 13.2. The van der Waals surface area contributed by atoms with Crippen LogP contribution in [0.3, 0.4) is 0 Å². The summed E-state index contributed by atoms with van der Waals surface area (Å²) in [4.78, 5) is 4.16. The Balaban J connectivity index is 2.21. The topological polar surface area (TPSA) is 72.2 Å². The number of anilines is 1. The first-order valence-corrected chi connectivity index (χ1v) is 7.53. The van der Waals surface area contributed by atoms with Crippen molar-refractivity contribution in [1.29, 1.82) is 0 Å². The molecule has 18 heavy (non-hydrogen) atoms. The SMILES string of the molecule is CCCCS(=O)(=O)Nc1ccc2nc(C)oc2c1. The van der Waals surface area contributed by atoms with Crippen LogP contribution < -0.4 is 4.72 Å². The number of aryl methyl sites for hydroxylation is 1. The minimum Gasteiger partial charge on any atom is -0.441 e. The minimum absolute atomic E-state index is 0.136. The van der Waals surface area contributed by atoms with Gasteiger partial charge in [0.1, 0.15) is 5.52 Å². The minimum atomic E-state index is -3.27. The summed E-state index contributed by atoms with van der Waals surface area (Å²) in [6.45, 7) is 3.71. The summed E-state index contributed by atoms with van der Waals surface area (Å²) in [7, 11) is -3.27. The third-order valence-corrected chi connectivity index (χ3v) is 3.91. The standard InChI is InChI=1S/C12H16N2O3S/c1-3-4-7-18(15,16)14-10-5-6-11-12(8-10)17-9(2)13-11/h5-6,8,14H,3-4,7H2,1-2H3. The van der Waals surface area contributed by atoms with Crippen molar-refractivity contribution in [1.82, 2.24) is 4.98 Å². The molecule has 1 aromatic carbocycles. The Morgan fingerprint density at radius 1 is 1.39 bits per heavy atom. The first-order valence-electron chi connectivity index (χ1n) is 5.88. The summed E-state index contributed by atoms with van der Waals surface area (Å²) in [6.07, 6.45) is 1.50. The number of oxazole rings is 1. The molecule has 0 radical (unpaired) electrons. The van der Waals surface area contributed by atoms with E-state index in [-0.39, 0.29) is 5.75 Å². The third-order valence-electron chi connectivity index (χ3n) is 2.54. The average Bonchev–Trinajstić information content (AvgIpc) is 2.65. The van der Waals surface area contributed by atoms with Crippen molar-refractivity contribution in [2.75, 3.05) is 10.5 Å². The first-order chi connectivity index (χ1) is 8.50. The van der Waals surface area contributed by atoms with Crippen molar-refractivity contribution >= 4 is 26.8 Å². The molecule has 0 saturated carbocycles.